The first kappa shape index (κ1) is 13.5. The Kier molecular flexibility index (Phi) is 3.24. The second kappa shape index (κ2) is 4.81. The molecular weight excluding hydrogens is 274 g/mol. The molecule has 0 radical (unpaired) electrons. The van der Waals surface area contributed by atoms with Gasteiger partial charge in [0.1, 0.15) is 11.3 Å². The van der Waals surface area contributed by atoms with Crippen LogP contribution in [0, 0.1) is 6.92 Å². The highest BCUT2D eigenvalue weighted by Crippen LogP contribution is 2.35. The number of hydrogen-bond donors (Lipinski definition) is 1. The summed E-state index contributed by atoms with van der Waals surface area (Å²) in [6.07, 6.45) is 4.34. The molecule has 0 amide bonds. The molecule has 1 heterocycles. The van der Waals surface area contributed by atoms with Crippen LogP contribution in [0.4, 0.5) is 5.69 Å². The van der Waals surface area contributed by atoms with Crippen molar-refractivity contribution < 1.29 is 12.8 Å². The number of hydrogen-bond acceptors (Lipinski definition) is 3. The van der Waals surface area contributed by atoms with Crippen molar-refractivity contribution >= 4 is 26.7 Å². The summed E-state index contributed by atoms with van der Waals surface area (Å²) in [6, 6.07) is 3.85. The van der Waals surface area contributed by atoms with Gasteiger partial charge in [-0.2, -0.15) is 0 Å². The molecule has 2 aromatic rings. The van der Waals surface area contributed by atoms with Gasteiger partial charge in [0.05, 0.1) is 11.4 Å². The zero-order valence-electron chi connectivity index (χ0n) is 11.8. The van der Waals surface area contributed by atoms with E-state index >= 15 is 0 Å². The van der Waals surface area contributed by atoms with Crippen molar-refractivity contribution in [1.29, 1.82) is 0 Å². The number of aryl methyl sites for hydroxylation is 3. The zero-order valence-corrected chi connectivity index (χ0v) is 12.6. The van der Waals surface area contributed by atoms with Gasteiger partial charge in [-0.15, -0.1) is 0 Å². The van der Waals surface area contributed by atoms with Crippen LogP contribution in [0.1, 0.15) is 36.7 Å². The van der Waals surface area contributed by atoms with Gasteiger partial charge in [-0.05, 0) is 50.8 Å². The molecule has 1 aromatic heterocycles. The number of fused-ring (bicyclic) bond motifs is 3. The number of sulfonamides is 1. The highest BCUT2D eigenvalue weighted by molar-refractivity contribution is 7.92. The average Bonchev–Trinajstić information content (AvgIpc) is 2.76. The van der Waals surface area contributed by atoms with E-state index in [9.17, 15) is 8.42 Å². The smallest absolute Gasteiger partial charge is 0.232 e. The monoisotopic (exact) mass is 293 g/mol. The second-order valence-corrected chi connectivity index (χ2v) is 7.39. The highest BCUT2D eigenvalue weighted by Gasteiger charge is 2.19. The van der Waals surface area contributed by atoms with Crippen LogP contribution < -0.4 is 4.72 Å². The fraction of sp³-hybridized carbons (Fsp3) is 0.467. The minimum absolute atomic E-state index is 0.0774. The molecule has 1 aliphatic carbocycles. The van der Waals surface area contributed by atoms with Crippen molar-refractivity contribution in [3.63, 3.8) is 0 Å². The molecule has 0 atom stereocenters. The Morgan fingerprint density at radius 1 is 1.25 bits per heavy atom. The SMILES string of the molecule is CCS(=O)(=O)Nc1cc2c3c(oc2cc1C)CCCC3. The van der Waals surface area contributed by atoms with E-state index in [0.717, 1.165) is 35.1 Å². The van der Waals surface area contributed by atoms with Gasteiger partial charge in [-0.3, -0.25) is 4.72 Å². The summed E-state index contributed by atoms with van der Waals surface area (Å²) in [5.74, 6) is 1.15. The minimum Gasteiger partial charge on any atom is -0.461 e. The number of furan rings is 1. The Labute approximate surface area is 119 Å². The lowest BCUT2D eigenvalue weighted by molar-refractivity contribution is 0.506. The van der Waals surface area contributed by atoms with Crippen LogP contribution in [0.15, 0.2) is 16.5 Å². The van der Waals surface area contributed by atoms with Crippen molar-refractivity contribution in [2.24, 2.45) is 0 Å². The van der Waals surface area contributed by atoms with E-state index in [1.807, 2.05) is 19.1 Å². The topological polar surface area (TPSA) is 59.3 Å². The highest BCUT2D eigenvalue weighted by atomic mass is 32.2. The molecule has 0 bridgehead atoms. The van der Waals surface area contributed by atoms with Crippen LogP contribution in [0.25, 0.3) is 11.0 Å². The third kappa shape index (κ3) is 2.30. The molecule has 3 rings (SSSR count). The molecule has 1 aromatic carbocycles. The van der Waals surface area contributed by atoms with Gasteiger partial charge >= 0.3 is 0 Å². The summed E-state index contributed by atoms with van der Waals surface area (Å²) in [5.41, 5.74) is 3.67. The van der Waals surface area contributed by atoms with E-state index in [-0.39, 0.29) is 5.75 Å². The van der Waals surface area contributed by atoms with Crippen molar-refractivity contribution in [3.8, 4) is 0 Å². The summed E-state index contributed by atoms with van der Waals surface area (Å²) in [4.78, 5) is 0. The Morgan fingerprint density at radius 3 is 2.75 bits per heavy atom. The van der Waals surface area contributed by atoms with Gasteiger partial charge in [0.2, 0.25) is 10.0 Å². The summed E-state index contributed by atoms with van der Waals surface area (Å²) in [5, 5.41) is 1.05. The molecule has 20 heavy (non-hydrogen) atoms. The van der Waals surface area contributed by atoms with Crippen LogP contribution in [0.3, 0.4) is 0 Å². The molecule has 0 spiro atoms. The summed E-state index contributed by atoms with van der Waals surface area (Å²) < 4.78 is 32.1. The van der Waals surface area contributed by atoms with Crippen LogP contribution in [0.5, 0.6) is 0 Å². The normalized spacial score (nSPS) is 15.3. The molecule has 108 valence electrons. The van der Waals surface area contributed by atoms with E-state index in [4.69, 9.17) is 4.42 Å². The van der Waals surface area contributed by atoms with Gasteiger partial charge in [0.15, 0.2) is 0 Å². The standard InChI is InChI=1S/C15H19NO3S/c1-3-20(17,18)16-13-9-12-11-6-4-5-7-14(11)19-15(12)8-10(13)2/h8-9,16H,3-7H2,1-2H3. The number of rotatable bonds is 3. The fourth-order valence-electron chi connectivity index (χ4n) is 2.76. The van der Waals surface area contributed by atoms with Crippen molar-refractivity contribution in [2.45, 2.75) is 39.5 Å². The predicted octanol–water partition coefficient (Wildman–Crippen LogP) is 3.38. The lowest BCUT2D eigenvalue weighted by Gasteiger charge is -2.11. The Balaban J connectivity index is 2.12. The Hall–Kier alpha value is -1.49. The lowest BCUT2D eigenvalue weighted by atomic mass is 9.95. The number of benzene rings is 1. The third-order valence-corrected chi connectivity index (χ3v) is 5.24. The van der Waals surface area contributed by atoms with Gasteiger partial charge in [-0.1, -0.05) is 0 Å². The van der Waals surface area contributed by atoms with E-state index < -0.39 is 10.0 Å². The minimum atomic E-state index is -3.25. The molecule has 0 saturated heterocycles. The molecule has 4 nitrogen and oxygen atoms in total. The molecule has 0 unspecified atom stereocenters. The molecule has 1 aliphatic rings. The molecule has 0 aliphatic heterocycles. The first-order valence-electron chi connectivity index (χ1n) is 7.05. The largest absolute Gasteiger partial charge is 0.461 e. The predicted molar refractivity (Wildman–Crippen MR) is 80.7 cm³/mol. The molecule has 5 heteroatoms. The van der Waals surface area contributed by atoms with Gasteiger partial charge in [-0.25, -0.2) is 8.42 Å². The molecule has 1 N–H and O–H groups in total. The van der Waals surface area contributed by atoms with E-state index in [1.54, 1.807) is 6.92 Å². The Bertz CT molecular complexity index is 759. The van der Waals surface area contributed by atoms with Crippen molar-refractivity contribution in [2.75, 3.05) is 10.5 Å². The maximum Gasteiger partial charge on any atom is 0.232 e. The van der Waals surface area contributed by atoms with Crippen LogP contribution in [-0.2, 0) is 22.9 Å². The second-order valence-electron chi connectivity index (χ2n) is 5.38. The maximum absolute atomic E-state index is 11.7. The maximum atomic E-state index is 11.7. The van der Waals surface area contributed by atoms with Crippen LogP contribution in [-0.4, -0.2) is 14.2 Å². The first-order chi connectivity index (χ1) is 9.50. The molecule has 0 fully saturated rings. The van der Waals surface area contributed by atoms with E-state index in [0.29, 0.717) is 5.69 Å². The summed E-state index contributed by atoms with van der Waals surface area (Å²) >= 11 is 0. The van der Waals surface area contributed by atoms with Gasteiger partial charge in [0.25, 0.3) is 0 Å². The van der Waals surface area contributed by atoms with E-state index in [1.165, 1.54) is 18.4 Å². The van der Waals surface area contributed by atoms with Gasteiger partial charge in [0, 0.05) is 17.4 Å². The number of nitrogens with one attached hydrogen (secondary N) is 1. The quantitative estimate of drug-likeness (QED) is 0.943. The lowest BCUT2D eigenvalue weighted by Crippen LogP contribution is -2.15. The molecular formula is C15H19NO3S. The van der Waals surface area contributed by atoms with E-state index in [2.05, 4.69) is 4.72 Å². The van der Waals surface area contributed by atoms with Crippen LogP contribution >= 0.6 is 0 Å². The van der Waals surface area contributed by atoms with Crippen LogP contribution in [0.2, 0.25) is 0 Å². The summed E-state index contributed by atoms with van der Waals surface area (Å²) in [6.45, 7) is 3.53. The van der Waals surface area contributed by atoms with Crippen molar-refractivity contribution in [3.05, 3.63) is 29.0 Å². The average molecular weight is 293 g/mol. The van der Waals surface area contributed by atoms with Gasteiger partial charge < -0.3 is 4.42 Å². The summed E-state index contributed by atoms with van der Waals surface area (Å²) in [7, 11) is -3.25. The fourth-order valence-corrected chi connectivity index (χ4v) is 3.46. The third-order valence-electron chi connectivity index (χ3n) is 3.95. The molecule has 0 saturated carbocycles. The Morgan fingerprint density at radius 2 is 2.00 bits per heavy atom. The van der Waals surface area contributed by atoms with Crippen molar-refractivity contribution in [1.82, 2.24) is 0 Å². The number of anilines is 1. The zero-order chi connectivity index (χ0) is 14.3. The first-order valence-corrected chi connectivity index (χ1v) is 8.71.